The largest absolute Gasteiger partial charge is 0.462 e. The maximum atomic E-state index is 12.8. The van der Waals surface area contributed by atoms with Crippen LogP contribution in [0, 0.1) is 11.6 Å². The summed E-state index contributed by atoms with van der Waals surface area (Å²) in [7, 11) is 0. The van der Waals surface area contributed by atoms with Gasteiger partial charge in [0.1, 0.15) is 0 Å². The molecule has 0 saturated heterocycles. The molecule has 0 N–H and O–H groups in total. The first kappa shape index (κ1) is 12.5. The Balaban J connectivity index is 3.24. The molecule has 0 aliphatic carbocycles. The molecule has 1 rings (SSSR count). The summed E-state index contributed by atoms with van der Waals surface area (Å²) in [5.74, 6) is -3.90. The summed E-state index contributed by atoms with van der Waals surface area (Å²) in [5, 5.41) is 0. The molecule has 0 spiro atoms. The van der Waals surface area contributed by atoms with Crippen LogP contribution in [0.4, 0.5) is 17.6 Å². The highest BCUT2D eigenvalue weighted by Crippen LogP contribution is 2.26. The average molecular weight is 236 g/mol. The lowest BCUT2D eigenvalue weighted by molar-refractivity contribution is 0.0514. The van der Waals surface area contributed by atoms with Crippen molar-refractivity contribution in [3.8, 4) is 0 Å². The van der Waals surface area contributed by atoms with E-state index < -0.39 is 35.2 Å². The molecule has 0 saturated carbocycles. The Morgan fingerprint density at radius 1 is 1.31 bits per heavy atom. The van der Waals surface area contributed by atoms with Gasteiger partial charge in [0.25, 0.3) is 6.43 Å². The van der Waals surface area contributed by atoms with Crippen LogP contribution in [0.2, 0.25) is 0 Å². The highest BCUT2D eigenvalue weighted by atomic mass is 19.3. The maximum Gasteiger partial charge on any atom is 0.338 e. The van der Waals surface area contributed by atoms with Gasteiger partial charge in [0.2, 0.25) is 0 Å². The van der Waals surface area contributed by atoms with E-state index in [1.165, 1.54) is 6.92 Å². The van der Waals surface area contributed by atoms with E-state index in [9.17, 15) is 22.4 Å². The van der Waals surface area contributed by atoms with Crippen molar-refractivity contribution in [3.63, 3.8) is 0 Å². The number of ether oxygens (including phenoxy) is 1. The van der Waals surface area contributed by atoms with Crippen molar-refractivity contribution < 1.29 is 27.1 Å². The number of hydrogen-bond acceptors (Lipinski definition) is 2. The van der Waals surface area contributed by atoms with E-state index in [1.807, 2.05) is 0 Å². The molecule has 0 fully saturated rings. The van der Waals surface area contributed by atoms with Crippen LogP contribution >= 0.6 is 0 Å². The number of esters is 1. The average Bonchev–Trinajstić information content (AvgIpc) is 2.21. The Morgan fingerprint density at radius 3 is 2.38 bits per heavy atom. The first-order valence-electron chi connectivity index (χ1n) is 4.41. The van der Waals surface area contributed by atoms with Crippen molar-refractivity contribution >= 4 is 5.97 Å². The van der Waals surface area contributed by atoms with Crippen LogP contribution in [0.5, 0.6) is 0 Å². The summed E-state index contributed by atoms with van der Waals surface area (Å²) in [4.78, 5) is 11.2. The molecule has 0 aliphatic heterocycles. The SMILES string of the molecule is CCOC(=O)c1cc(F)c(F)cc1C(F)F. The number of carbonyl (C=O) groups is 1. The number of halogens is 4. The first-order chi connectivity index (χ1) is 7.47. The van der Waals surface area contributed by atoms with Gasteiger partial charge in [-0.3, -0.25) is 0 Å². The third-order valence-electron chi connectivity index (χ3n) is 1.82. The van der Waals surface area contributed by atoms with Crippen LogP contribution in [0.25, 0.3) is 0 Å². The molecule has 0 amide bonds. The molecular formula is C10H8F4O2. The van der Waals surface area contributed by atoms with Gasteiger partial charge in [0.05, 0.1) is 12.2 Å². The lowest BCUT2D eigenvalue weighted by atomic mass is 10.1. The highest BCUT2D eigenvalue weighted by Gasteiger charge is 2.22. The minimum absolute atomic E-state index is 0.0412. The lowest BCUT2D eigenvalue weighted by Gasteiger charge is -2.08. The molecule has 1 aromatic carbocycles. The van der Waals surface area contributed by atoms with Crippen LogP contribution in [0.3, 0.4) is 0 Å². The Labute approximate surface area is 88.8 Å². The summed E-state index contributed by atoms with van der Waals surface area (Å²) in [6, 6.07) is 0.709. The predicted octanol–water partition coefficient (Wildman–Crippen LogP) is 3.08. The molecule has 0 aliphatic rings. The van der Waals surface area contributed by atoms with Gasteiger partial charge in [-0.05, 0) is 19.1 Å². The molecule has 0 heterocycles. The van der Waals surface area contributed by atoms with Crippen molar-refractivity contribution in [2.24, 2.45) is 0 Å². The standard InChI is InChI=1S/C10H8F4O2/c1-2-16-10(15)6-4-8(12)7(11)3-5(6)9(13)14/h3-4,9H,2H2,1H3. The van der Waals surface area contributed by atoms with E-state index in [0.717, 1.165) is 0 Å². The highest BCUT2D eigenvalue weighted by molar-refractivity contribution is 5.91. The van der Waals surface area contributed by atoms with E-state index in [0.29, 0.717) is 12.1 Å². The lowest BCUT2D eigenvalue weighted by Crippen LogP contribution is -2.10. The fourth-order valence-electron chi connectivity index (χ4n) is 1.13. The van der Waals surface area contributed by atoms with Crippen molar-refractivity contribution in [1.82, 2.24) is 0 Å². The molecular weight excluding hydrogens is 228 g/mol. The second kappa shape index (κ2) is 4.96. The fourth-order valence-corrected chi connectivity index (χ4v) is 1.13. The minimum atomic E-state index is -3.07. The molecule has 0 bridgehead atoms. The maximum absolute atomic E-state index is 12.8. The summed E-state index contributed by atoms with van der Waals surface area (Å²) in [6.07, 6.45) is -3.07. The molecule has 1 aromatic rings. The summed E-state index contributed by atoms with van der Waals surface area (Å²) >= 11 is 0. The fraction of sp³-hybridized carbons (Fsp3) is 0.300. The van der Waals surface area contributed by atoms with E-state index in [2.05, 4.69) is 4.74 Å². The summed E-state index contributed by atoms with van der Waals surface area (Å²) in [6.45, 7) is 1.43. The summed E-state index contributed by atoms with van der Waals surface area (Å²) < 4.78 is 54.8. The van der Waals surface area contributed by atoms with Crippen LogP contribution in [-0.2, 0) is 4.74 Å². The third kappa shape index (κ3) is 2.50. The Bertz CT molecular complexity index is 404. The zero-order valence-electron chi connectivity index (χ0n) is 8.27. The smallest absolute Gasteiger partial charge is 0.338 e. The molecule has 0 atom stereocenters. The number of benzene rings is 1. The van der Waals surface area contributed by atoms with Crippen molar-refractivity contribution in [2.75, 3.05) is 6.61 Å². The van der Waals surface area contributed by atoms with Crippen molar-refractivity contribution in [2.45, 2.75) is 13.3 Å². The number of alkyl halides is 2. The molecule has 16 heavy (non-hydrogen) atoms. The first-order valence-corrected chi connectivity index (χ1v) is 4.41. The third-order valence-corrected chi connectivity index (χ3v) is 1.82. The van der Waals surface area contributed by atoms with Gasteiger partial charge in [-0.2, -0.15) is 0 Å². The van der Waals surface area contributed by atoms with Crippen LogP contribution in [-0.4, -0.2) is 12.6 Å². The second-order valence-electron chi connectivity index (χ2n) is 2.87. The zero-order valence-corrected chi connectivity index (χ0v) is 8.27. The van der Waals surface area contributed by atoms with Gasteiger partial charge in [0.15, 0.2) is 11.6 Å². The van der Waals surface area contributed by atoms with E-state index in [-0.39, 0.29) is 6.61 Å². The number of hydrogen-bond donors (Lipinski definition) is 0. The monoisotopic (exact) mass is 236 g/mol. The number of carbonyl (C=O) groups excluding carboxylic acids is 1. The predicted molar refractivity (Wildman–Crippen MR) is 47.3 cm³/mol. The molecule has 6 heteroatoms. The Hall–Kier alpha value is -1.59. The van der Waals surface area contributed by atoms with Crippen LogP contribution < -0.4 is 0 Å². The van der Waals surface area contributed by atoms with Gasteiger partial charge < -0.3 is 4.74 Å². The molecule has 2 nitrogen and oxygen atoms in total. The topological polar surface area (TPSA) is 26.3 Å². The van der Waals surface area contributed by atoms with Crippen molar-refractivity contribution in [1.29, 1.82) is 0 Å². The van der Waals surface area contributed by atoms with Gasteiger partial charge in [0, 0.05) is 5.56 Å². The van der Waals surface area contributed by atoms with Gasteiger partial charge >= 0.3 is 5.97 Å². The van der Waals surface area contributed by atoms with E-state index >= 15 is 0 Å². The van der Waals surface area contributed by atoms with E-state index in [4.69, 9.17) is 0 Å². The normalized spacial score (nSPS) is 10.6. The van der Waals surface area contributed by atoms with Crippen LogP contribution in [0.1, 0.15) is 29.3 Å². The molecule has 0 radical (unpaired) electrons. The molecule has 88 valence electrons. The Morgan fingerprint density at radius 2 is 1.88 bits per heavy atom. The van der Waals surface area contributed by atoms with Gasteiger partial charge in [-0.1, -0.05) is 0 Å². The molecule has 0 unspecified atom stereocenters. The van der Waals surface area contributed by atoms with Gasteiger partial charge in [-0.15, -0.1) is 0 Å². The quantitative estimate of drug-likeness (QED) is 0.595. The second-order valence-corrected chi connectivity index (χ2v) is 2.87. The van der Waals surface area contributed by atoms with E-state index in [1.54, 1.807) is 0 Å². The number of rotatable bonds is 3. The zero-order chi connectivity index (χ0) is 12.3. The summed E-state index contributed by atoms with van der Waals surface area (Å²) in [5.41, 5.74) is -1.53. The molecule has 0 aromatic heterocycles. The van der Waals surface area contributed by atoms with Crippen molar-refractivity contribution in [3.05, 3.63) is 34.9 Å². The minimum Gasteiger partial charge on any atom is -0.462 e. The Kier molecular flexibility index (Phi) is 3.87. The van der Waals surface area contributed by atoms with Crippen LogP contribution in [0.15, 0.2) is 12.1 Å². The van der Waals surface area contributed by atoms with Gasteiger partial charge in [-0.25, -0.2) is 22.4 Å².